The molecule has 2 aromatic rings. The third-order valence-electron chi connectivity index (χ3n) is 2.58. The van der Waals surface area contributed by atoms with E-state index >= 15 is 0 Å². The number of nitrogens with one attached hydrogen (secondary N) is 1. The fraction of sp³-hybridized carbons (Fsp3) is 0.0625. The predicted molar refractivity (Wildman–Crippen MR) is 78.6 cm³/mol. The number of hydrazone groups is 1. The number of hydrogen-bond donors (Lipinski definition) is 1. The molecular formula is C16H14F2N2. The minimum atomic E-state index is -0.674. The van der Waals surface area contributed by atoms with Crippen LogP contribution >= 0.6 is 0 Å². The van der Waals surface area contributed by atoms with Gasteiger partial charge in [0, 0.05) is 6.07 Å². The number of anilines is 1. The number of rotatable bonds is 4. The van der Waals surface area contributed by atoms with Crippen LogP contribution in [0, 0.1) is 11.6 Å². The van der Waals surface area contributed by atoms with Gasteiger partial charge in [0.2, 0.25) is 0 Å². The second-order valence-corrected chi connectivity index (χ2v) is 4.29. The van der Waals surface area contributed by atoms with Gasteiger partial charge in [0.15, 0.2) is 5.82 Å². The van der Waals surface area contributed by atoms with Crippen LogP contribution in [-0.2, 0) is 0 Å². The summed E-state index contributed by atoms with van der Waals surface area (Å²) in [7, 11) is 0. The Labute approximate surface area is 116 Å². The molecule has 4 heteroatoms. The zero-order valence-corrected chi connectivity index (χ0v) is 11.0. The summed E-state index contributed by atoms with van der Waals surface area (Å²) < 4.78 is 26.1. The maximum Gasteiger partial charge on any atom is 0.151 e. The molecule has 0 heterocycles. The number of allylic oxidation sites excluding steroid dienone is 1. The van der Waals surface area contributed by atoms with E-state index in [0.29, 0.717) is 0 Å². The molecule has 1 N–H and O–H groups in total. The van der Waals surface area contributed by atoms with Crippen LogP contribution in [-0.4, -0.2) is 6.21 Å². The number of nitrogens with zero attached hydrogens (tertiary/aromatic N) is 1. The van der Waals surface area contributed by atoms with Crippen molar-refractivity contribution in [2.75, 3.05) is 5.43 Å². The lowest BCUT2D eigenvalue weighted by Gasteiger charge is -2.01. The third-order valence-corrected chi connectivity index (χ3v) is 2.58. The summed E-state index contributed by atoms with van der Waals surface area (Å²) in [5.41, 5.74) is 4.65. The van der Waals surface area contributed by atoms with E-state index in [1.165, 1.54) is 12.1 Å². The smallest absolute Gasteiger partial charge is 0.151 e. The first kappa shape index (κ1) is 13.9. The molecule has 0 spiro atoms. The van der Waals surface area contributed by atoms with Crippen LogP contribution in [0.4, 0.5) is 14.5 Å². The Balaban J connectivity index is 2.01. The van der Waals surface area contributed by atoms with Crippen LogP contribution in [0.5, 0.6) is 0 Å². The van der Waals surface area contributed by atoms with Crippen molar-refractivity contribution in [3.63, 3.8) is 0 Å². The van der Waals surface area contributed by atoms with E-state index in [1.54, 1.807) is 6.21 Å². The van der Waals surface area contributed by atoms with Crippen LogP contribution in [0.2, 0.25) is 0 Å². The summed E-state index contributed by atoms with van der Waals surface area (Å²) >= 11 is 0. The van der Waals surface area contributed by atoms with Gasteiger partial charge in [-0.15, -0.1) is 0 Å². The molecule has 0 saturated carbocycles. The van der Waals surface area contributed by atoms with E-state index < -0.39 is 11.6 Å². The van der Waals surface area contributed by atoms with E-state index in [1.807, 2.05) is 43.3 Å². The summed E-state index contributed by atoms with van der Waals surface area (Å²) in [6.45, 7) is 1.89. The monoisotopic (exact) mass is 272 g/mol. The molecule has 0 unspecified atom stereocenters. The minimum absolute atomic E-state index is 0.134. The zero-order valence-electron chi connectivity index (χ0n) is 11.0. The van der Waals surface area contributed by atoms with Gasteiger partial charge in [-0.2, -0.15) is 5.10 Å². The Kier molecular flexibility index (Phi) is 4.60. The van der Waals surface area contributed by atoms with Gasteiger partial charge in [0.05, 0.1) is 11.9 Å². The number of benzene rings is 2. The van der Waals surface area contributed by atoms with Gasteiger partial charge in [0.1, 0.15) is 5.82 Å². The standard InChI is InChI=1S/C16H14F2N2/c1-12(9-13-5-3-2-4-6-13)11-19-20-16-8-7-14(17)10-15(16)18/h2-11,20H,1H3/b12-9+,19-11-. The number of halogens is 2. The lowest BCUT2D eigenvalue weighted by atomic mass is 10.1. The molecule has 0 aromatic heterocycles. The van der Waals surface area contributed by atoms with Crippen LogP contribution in [0.15, 0.2) is 59.2 Å². The van der Waals surface area contributed by atoms with Gasteiger partial charge >= 0.3 is 0 Å². The minimum Gasteiger partial charge on any atom is -0.276 e. The third kappa shape index (κ3) is 4.02. The molecule has 102 valence electrons. The van der Waals surface area contributed by atoms with Crippen molar-refractivity contribution >= 4 is 18.0 Å². The van der Waals surface area contributed by atoms with Crippen LogP contribution in [0.1, 0.15) is 12.5 Å². The van der Waals surface area contributed by atoms with E-state index in [0.717, 1.165) is 17.2 Å². The Morgan fingerprint density at radius 3 is 2.55 bits per heavy atom. The predicted octanol–water partition coefficient (Wildman–Crippen LogP) is 4.47. The Hall–Kier alpha value is -2.49. The molecular weight excluding hydrogens is 258 g/mol. The molecule has 0 aliphatic rings. The molecule has 0 aliphatic heterocycles. The van der Waals surface area contributed by atoms with Gasteiger partial charge in [-0.25, -0.2) is 8.78 Å². The summed E-state index contributed by atoms with van der Waals surface area (Å²) in [5, 5.41) is 3.92. The van der Waals surface area contributed by atoms with Crippen molar-refractivity contribution in [3.8, 4) is 0 Å². The van der Waals surface area contributed by atoms with Gasteiger partial charge in [-0.3, -0.25) is 5.43 Å². The molecule has 0 fully saturated rings. The molecule has 2 rings (SSSR count). The second kappa shape index (κ2) is 6.61. The quantitative estimate of drug-likeness (QED) is 0.644. The molecule has 20 heavy (non-hydrogen) atoms. The van der Waals surface area contributed by atoms with Crippen molar-refractivity contribution in [2.24, 2.45) is 5.10 Å². The van der Waals surface area contributed by atoms with Crippen molar-refractivity contribution in [1.82, 2.24) is 0 Å². The first-order chi connectivity index (χ1) is 9.65. The van der Waals surface area contributed by atoms with Gasteiger partial charge in [0.25, 0.3) is 0 Å². The topological polar surface area (TPSA) is 24.4 Å². The summed E-state index contributed by atoms with van der Waals surface area (Å²) in [4.78, 5) is 0. The van der Waals surface area contributed by atoms with Crippen molar-refractivity contribution in [2.45, 2.75) is 6.92 Å². The van der Waals surface area contributed by atoms with Crippen molar-refractivity contribution < 1.29 is 8.78 Å². The molecule has 2 nitrogen and oxygen atoms in total. The maximum absolute atomic E-state index is 13.3. The lowest BCUT2D eigenvalue weighted by molar-refractivity contribution is 0.585. The Bertz CT molecular complexity index is 634. The number of hydrogen-bond acceptors (Lipinski definition) is 2. The van der Waals surface area contributed by atoms with E-state index in [2.05, 4.69) is 10.5 Å². The molecule has 0 amide bonds. The van der Waals surface area contributed by atoms with Crippen molar-refractivity contribution in [1.29, 1.82) is 0 Å². The molecule has 2 aromatic carbocycles. The fourth-order valence-electron chi connectivity index (χ4n) is 1.63. The molecule has 0 radical (unpaired) electrons. The first-order valence-electron chi connectivity index (χ1n) is 6.12. The molecule has 0 atom stereocenters. The molecule has 0 bridgehead atoms. The highest BCUT2D eigenvalue weighted by Crippen LogP contribution is 2.14. The highest BCUT2D eigenvalue weighted by molar-refractivity contribution is 5.85. The summed E-state index contributed by atoms with van der Waals surface area (Å²) in [6.07, 6.45) is 3.53. The first-order valence-corrected chi connectivity index (χ1v) is 6.12. The largest absolute Gasteiger partial charge is 0.276 e. The van der Waals surface area contributed by atoms with Gasteiger partial charge in [-0.05, 0) is 30.2 Å². The highest BCUT2D eigenvalue weighted by Gasteiger charge is 2.01. The fourth-order valence-corrected chi connectivity index (χ4v) is 1.63. The second-order valence-electron chi connectivity index (χ2n) is 4.29. The van der Waals surface area contributed by atoms with E-state index in [-0.39, 0.29) is 5.69 Å². The van der Waals surface area contributed by atoms with E-state index in [9.17, 15) is 8.78 Å². The zero-order chi connectivity index (χ0) is 14.4. The SMILES string of the molecule is CC(/C=N\Nc1ccc(F)cc1F)=C\c1ccccc1. The normalized spacial score (nSPS) is 11.8. The lowest BCUT2D eigenvalue weighted by Crippen LogP contribution is -1.94. The molecule has 0 aliphatic carbocycles. The summed E-state index contributed by atoms with van der Waals surface area (Å²) in [6, 6.07) is 13.1. The average molecular weight is 272 g/mol. The highest BCUT2D eigenvalue weighted by atomic mass is 19.1. The van der Waals surface area contributed by atoms with Crippen LogP contribution < -0.4 is 5.43 Å². The van der Waals surface area contributed by atoms with Gasteiger partial charge in [-0.1, -0.05) is 36.4 Å². The van der Waals surface area contributed by atoms with E-state index in [4.69, 9.17) is 0 Å². The maximum atomic E-state index is 13.3. The Morgan fingerprint density at radius 1 is 1.10 bits per heavy atom. The van der Waals surface area contributed by atoms with Gasteiger partial charge < -0.3 is 0 Å². The average Bonchev–Trinajstić information content (AvgIpc) is 2.42. The van der Waals surface area contributed by atoms with Crippen LogP contribution in [0.3, 0.4) is 0 Å². The Morgan fingerprint density at radius 2 is 1.85 bits per heavy atom. The molecule has 0 saturated heterocycles. The summed E-state index contributed by atoms with van der Waals surface area (Å²) in [5.74, 6) is -1.29. The van der Waals surface area contributed by atoms with Crippen LogP contribution in [0.25, 0.3) is 6.08 Å². The van der Waals surface area contributed by atoms with Crippen molar-refractivity contribution in [3.05, 3.63) is 71.3 Å².